The van der Waals surface area contributed by atoms with Crippen molar-refractivity contribution in [3.8, 4) is 5.75 Å². The highest BCUT2D eigenvalue weighted by atomic mass is 32.1. The number of carbonyl (C=O) groups is 1. The number of hydrogen-bond acceptors (Lipinski definition) is 5. The maximum absolute atomic E-state index is 11.7. The van der Waals surface area contributed by atoms with Crippen LogP contribution >= 0.6 is 11.3 Å². The van der Waals surface area contributed by atoms with Gasteiger partial charge >= 0.3 is 0 Å². The monoisotopic (exact) mass is 252 g/mol. The summed E-state index contributed by atoms with van der Waals surface area (Å²) < 4.78 is 5.02. The third-order valence-electron chi connectivity index (χ3n) is 2.15. The number of amides is 1. The molecule has 7 heteroatoms. The molecule has 0 atom stereocenters. The standard InChI is InChI=1S/C10H12N4O2S/c1-16-7-4-8(17-5-7)10(15)11-3-2-9-12-6-13-14-9/h4-6H,2-3H2,1H3,(H,11,15)(H,12,13,14). The molecule has 0 aliphatic carbocycles. The Morgan fingerprint density at radius 3 is 3.18 bits per heavy atom. The van der Waals surface area contributed by atoms with Gasteiger partial charge in [0.25, 0.3) is 5.91 Å². The zero-order valence-electron chi connectivity index (χ0n) is 9.27. The van der Waals surface area contributed by atoms with E-state index >= 15 is 0 Å². The lowest BCUT2D eigenvalue weighted by atomic mass is 10.3. The first kappa shape index (κ1) is 11.6. The molecule has 2 aromatic heterocycles. The number of carbonyl (C=O) groups excluding carboxylic acids is 1. The van der Waals surface area contributed by atoms with Gasteiger partial charge in [0.1, 0.15) is 17.9 Å². The van der Waals surface area contributed by atoms with Gasteiger partial charge in [0.05, 0.1) is 12.0 Å². The molecule has 0 saturated carbocycles. The number of H-pyrrole nitrogens is 1. The summed E-state index contributed by atoms with van der Waals surface area (Å²) in [6, 6.07) is 1.72. The summed E-state index contributed by atoms with van der Waals surface area (Å²) in [5.41, 5.74) is 0. The van der Waals surface area contributed by atoms with Crippen LogP contribution in [0.2, 0.25) is 0 Å². The summed E-state index contributed by atoms with van der Waals surface area (Å²) in [6.45, 7) is 0.522. The minimum Gasteiger partial charge on any atom is -0.496 e. The van der Waals surface area contributed by atoms with Gasteiger partial charge in [-0.05, 0) is 0 Å². The summed E-state index contributed by atoms with van der Waals surface area (Å²) in [7, 11) is 1.58. The second-order valence-electron chi connectivity index (χ2n) is 3.29. The van der Waals surface area contributed by atoms with Crippen molar-refractivity contribution >= 4 is 17.2 Å². The number of nitrogens with zero attached hydrogens (tertiary/aromatic N) is 2. The molecule has 0 aliphatic heterocycles. The van der Waals surface area contributed by atoms with Gasteiger partial charge in [0.15, 0.2) is 0 Å². The Balaban J connectivity index is 1.81. The molecule has 6 nitrogen and oxygen atoms in total. The van der Waals surface area contributed by atoms with Gasteiger partial charge in [-0.15, -0.1) is 11.3 Å². The predicted molar refractivity (Wildman–Crippen MR) is 63.3 cm³/mol. The molecular weight excluding hydrogens is 240 g/mol. The van der Waals surface area contributed by atoms with Crippen LogP contribution in [0.4, 0.5) is 0 Å². The zero-order valence-corrected chi connectivity index (χ0v) is 10.1. The topological polar surface area (TPSA) is 79.9 Å². The molecule has 2 rings (SSSR count). The molecule has 0 fully saturated rings. The van der Waals surface area contributed by atoms with E-state index in [1.54, 1.807) is 18.6 Å². The van der Waals surface area contributed by atoms with E-state index < -0.39 is 0 Å². The normalized spacial score (nSPS) is 10.2. The molecule has 0 bridgehead atoms. The molecule has 2 aromatic rings. The molecule has 2 heterocycles. The molecule has 90 valence electrons. The third kappa shape index (κ3) is 3.04. The van der Waals surface area contributed by atoms with Gasteiger partial charge in [-0.2, -0.15) is 5.10 Å². The fourth-order valence-corrected chi connectivity index (χ4v) is 2.05. The Hall–Kier alpha value is -1.89. The maximum Gasteiger partial charge on any atom is 0.261 e. The number of methoxy groups -OCH3 is 1. The van der Waals surface area contributed by atoms with Crippen LogP contribution in [0.15, 0.2) is 17.8 Å². The molecule has 17 heavy (non-hydrogen) atoms. The van der Waals surface area contributed by atoms with Crippen LogP contribution in [0.25, 0.3) is 0 Å². The van der Waals surface area contributed by atoms with Crippen LogP contribution < -0.4 is 10.1 Å². The summed E-state index contributed by atoms with van der Waals surface area (Å²) in [5.74, 6) is 1.36. The van der Waals surface area contributed by atoms with Crippen molar-refractivity contribution < 1.29 is 9.53 Å². The average molecular weight is 252 g/mol. The van der Waals surface area contributed by atoms with Crippen LogP contribution in [0.5, 0.6) is 5.75 Å². The molecule has 0 radical (unpaired) electrons. The molecule has 0 spiro atoms. The van der Waals surface area contributed by atoms with Crippen molar-refractivity contribution in [3.63, 3.8) is 0 Å². The Morgan fingerprint density at radius 2 is 2.53 bits per heavy atom. The maximum atomic E-state index is 11.7. The summed E-state index contributed by atoms with van der Waals surface area (Å²) in [5, 5.41) is 11.1. The van der Waals surface area contributed by atoms with Crippen molar-refractivity contribution in [1.82, 2.24) is 20.5 Å². The second kappa shape index (κ2) is 5.44. The molecule has 0 unspecified atom stereocenters. The molecular formula is C10H12N4O2S. The van der Waals surface area contributed by atoms with Crippen LogP contribution in [0, 0.1) is 0 Å². The first-order valence-corrected chi connectivity index (χ1v) is 5.92. The first-order valence-electron chi connectivity index (χ1n) is 5.04. The van der Waals surface area contributed by atoms with Gasteiger partial charge in [-0.25, -0.2) is 4.98 Å². The van der Waals surface area contributed by atoms with Gasteiger partial charge in [-0.3, -0.25) is 9.89 Å². The number of rotatable bonds is 5. The SMILES string of the molecule is COc1csc(C(=O)NCCc2ncn[nH]2)c1. The smallest absolute Gasteiger partial charge is 0.261 e. The van der Waals surface area contributed by atoms with Crippen LogP contribution in [-0.2, 0) is 6.42 Å². The van der Waals surface area contributed by atoms with Gasteiger partial charge in [-0.1, -0.05) is 0 Å². The number of hydrogen-bond donors (Lipinski definition) is 2. The quantitative estimate of drug-likeness (QED) is 0.826. The lowest BCUT2D eigenvalue weighted by Crippen LogP contribution is -2.25. The minimum absolute atomic E-state index is 0.0992. The largest absolute Gasteiger partial charge is 0.496 e. The second-order valence-corrected chi connectivity index (χ2v) is 4.20. The number of thiophene rings is 1. The van der Waals surface area contributed by atoms with Crippen molar-refractivity contribution in [2.75, 3.05) is 13.7 Å². The van der Waals surface area contributed by atoms with Crippen molar-refractivity contribution in [2.24, 2.45) is 0 Å². The lowest BCUT2D eigenvalue weighted by molar-refractivity contribution is 0.0958. The van der Waals surface area contributed by atoms with Crippen molar-refractivity contribution in [3.05, 3.63) is 28.5 Å². The Bertz CT molecular complexity index is 480. The van der Waals surface area contributed by atoms with E-state index in [2.05, 4.69) is 20.5 Å². The van der Waals surface area contributed by atoms with Crippen LogP contribution in [0.3, 0.4) is 0 Å². The zero-order chi connectivity index (χ0) is 12.1. The van der Waals surface area contributed by atoms with Gasteiger partial charge in [0, 0.05) is 24.4 Å². The van der Waals surface area contributed by atoms with Crippen molar-refractivity contribution in [2.45, 2.75) is 6.42 Å². The minimum atomic E-state index is -0.0992. The first-order chi connectivity index (χ1) is 8.29. The fourth-order valence-electron chi connectivity index (χ4n) is 1.28. The van der Waals surface area contributed by atoms with E-state index in [4.69, 9.17) is 4.74 Å². The third-order valence-corrected chi connectivity index (χ3v) is 3.05. The number of nitrogens with one attached hydrogen (secondary N) is 2. The van der Waals surface area contributed by atoms with Crippen LogP contribution in [0.1, 0.15) is 15.5 Å². The number of aromatic nitrogens is 3. The Kier molecular flexibility index (Phi) is 3.71. The van der Waals surface area contributed by atoms with E-state index in [0.29, 0.717) is 23.6 Å². The fraction of sp³-hybridized carbons (Fsp3) is 0.300. The number of ether oxygens (including phenoxy) is 1. The molecule has 2 N–H and O–H groups in total. The van der Waals surface area contributed by atoms with E-state index in [1.165, 1.54) is 17.7 Å². The van der Waals surface area contributed by atoms with E-state index in [0.717, 1.165) is 5.82 Å². The van der Waals surface area contributed by atoms with Gasteiger partial charge < -0.3 is 10.1 Å². The van der Waals surface area contributed by atoms with E-state index in [1.807, 2.05) is 0 Å². The van der Waals surface area contributed by atoms with Crippen molar-refractivity contribution in [1.29, 1.82) is 0 Å². The summed E-state index contributed by atoms with van der Waals surface area (Å²) in [4.78, 5) is 16.3. The predicted octanol–water partition coefficient (Wildman–Crippen LogP) is 0.847. The number of aromatic amines is 1. The summed E-state index contributed by atoms with van der Waals surface area (Å²) in [6.07, 6.45) is 2.08. The molecule has 0 saturated heterocycles. The molecule has 0 aliphatic rings. The van der Waals surface area contributed by atoms with E-state index in [-0.39, 0.29) is 5.91 Å². The highest BCUT2D eigenvalue weighted by molar-refractivity contribution is 7.12. The highest BCUT2D eigenvalue weighted by Gasteiger charge is 2.08. The average Bonchev–Trinajstić information content (AvgIpc) is 2.99. The molecule has 1 amide bonds. The lowest BCUT2D eigenvalue weighted by Gasteiger charge is -2.00. The Morgan fingerprint density at radius 1 is 1.65 bits per heavy atom. The summed E-state index contributed by atoms with van der Waals surface area (Å²) >= 11 is 1.36. The van der Waals surface area contributed by atoms with E-state index in [9.17, 15) is 4.79 Å². The highest BCUT2D eigenvalue weighted by Crippen LogP contribution is 2.20. The Labute approximate surface area is 102 Å². The van der Waals surface area contributed by atoms with Gasteiger partial charge in [0.2, 0.25) is 0 Å². The van der Waals surface area contributed by atoms with Crippen LogP contribution in [-0.4, -0.2) is 34.7 Å². The molecule has 0 aromatic carbocycles.